The first-order valence-corrected chi connectivity index (χ1v) is 8.46. The number of aliphatic hydroxyl groups is 1. The van der Waals surface area contributed by atoms with Gasteiger partial charge in [0, 0.05) is 12.6 Å². The fraction of sp³-hybridized carbons (Fsp3) is 0.571. The molecule has 2 rings (SSSR count). The molecule has 2 atom stereocenters. The van der Waals surface area contributed by atoms with Gasteiger partial charge in [-0.2, -0.15) is 4.31 Å². The smallest absolute Gasteiger partial charge is 0.243 e. The molecule has 0 radical (unpaired) electrons. The molecule has 1 fully saturated rings. The summed E-state index contributed by atoms with van der Waals surface area (Å²) in [4.78, 5) is 0.258. The minimum Gasteiger partial charge on any atom is -0.394 e. The van der Waals surface area contributed by atoms with Gasteiger partial charge in [0.2, 0.25) is 10.0 Å². The van der Waals surface area contributed by atoms with Crippen LogP contribution < -0.4 is 5.73 Å². The number of nitrogens with zero attached hydrogens (tertiary/aromatic N) is 1. The number of sulfonamides is 1. The number of aliphatic hydroxyl groups excluding tert-OH is 1. The van der Waals surface area contributed by atoms with Gasteiger partial charge in [-0.3, -0.25) is 0 Å². The maximum absolute atomic E-state index is 12.7. The molecule has 7 heteroatoms. The molecule has 0 aliphatic carbocycles. The summed E-state index contributed by atoms with van der Waals surface area (Å²) in [6.07, 6.45) is 0.258. The monoisotopic (exact) mass is 314 g/mol. The van der Waals surface area contributed by atoms with E-state index in [9.17, 15) is 8.42 Å². The first-order chi connectivity index (χ1) is 9.98. The molecule has 0 saturated carbocycles. The molecule has 118 valence electrons. The summed E-state index contributed by atoms with van der Waals surface area (Å²) < 4.78 is 32.2. The lowest BCUT2D eigenvalue weighted by molar-refractivity contribution is -0.0516. The molecular formula is C14H22N2O4S. The second-order valence-electron chi connectivity index (χ2n) is 5.24. The number of hydrogen-bond acceptors (Lipinski definition) is 5. The summed E-state index contributed by atoms with van der Waals surface area (Å²) in [5.74, 6) is 0. The minimum absolute atomic E-state index is 0.171. The lowest BCUT2D eigenvalue weighted by Gasteiger charge is -2.36. The molecule has 3 N–H and O–H groups in total. The fourth-order valence-corrected chi connectivity index (χ4v) is 4.02. The maximum Gasteiger partial charge on any atom is 0.243 e. The van der Waals surface area contributed by atoms with Gasteiger partial charge < -0.3 is 15.6 Å². The summed E-state index contributed by atoms with van der Waals surface area (Å²) in [7, 11) is -3.57. The molecule has 0 spiro atoms. The highest BCUT2D eigenvalue weighted by molar-refractivity contribution is 7.89. The molecule has 1 aromatic carbocycles. The quantitative estimate of drug-likeness (QED) is 0.795. The number of morpholine rings is 1. The molecule has 1 aliphatic heterocycles. The molecule has 2 unspecified atom stereocenters. The predicted octanol–water partition coefficient (Wildman–Crippen LogP) is -0.0419. The zero-order chi connectivity index (χ0) is 15.5. The van der Waals surface area contributed by atoms with Gasteiger partial charge in [-0.05, 0) is 37.6 Å². The van der Waals surface area contributed by atoms with E-state index in [1.165, 1.54) is 4.31 Å². The van der Waals surface area contributed by atoms with Gasteiger partial charge in [-0.15, -0.1) is 0 Å². The van der Waals surface area contributed by atoms with Crippen molar-refractivity contribution in [3.8, 4) is 0 Å². The zero-order valence-electron chi connectivity index (χ0n) is 12.1. The Kier molecular flexibility index (Phi) is 5.34. The summed E-state index contributed by atoms with van der Waals surface area (Å²) >= 11 is 0. The number of nitrogens with two attached hydrogens (primary N) is 1. The molecule has 6 nitrogen and oxygen atoms in total. The van der Waals surface area contributed by atoms with Crippen LogP contribution >= 0.6 is 0 Å². The van der Waals surface area contributed by atoms with Crippen LogP contribution in [0.15, 0.2) is 29.2 Å². The van der Waals surface area contributed by atoms with Gasteiger partial charge in [0.15, 0.2) is 0 Å². The summed E-state index contributed by atoms with van der Waals surface area (Å²) in [5.41, 5.74) is 6.50. The number of rotatable bonds is 5. The van der Waals surface area contributed by atoms with Crippen LogP contribution in [0.1, 0.15) is 12.5 Å². The molecule has 0 bridgehead atoms. The highest BCUT2D eigenvalue weighted by Crippen LogP contribution is 2.22. The Morgan fingerprint density at radius 2 is 2.05 bits per heavy atom. The zero-order valence-corrected chi connectivity index (χ0v) is 12.9. The second kappa shape index (κ2) is 6.85. The maximum atomic E-state index is 12.7. The molecule has 1 aromatic rings. The van der Waals surface area contributed by atoms with E-state index in [1.54, 1.807) is 31.2 Å². The standard InChI is InChI=1S/C14H22N2O4S/c1-11-10-20-13(9-17)8-16(11)21(18,19)14-4-2-12(3-5-14)6-7-15/h2-5,11,13,17H,6-10,15H2,1H3. The molecule has 1 heterocycles. The van der Waals surface area contributed by atoms with Crippen LogP contribution in [-0.4, -0.2) is 56.3 Å². The van der Waals surface area contributed by atoms with Crippen molar-refractivity contribution < 1.29 is 18.3 Å². The average Bonchev–Trinajstić information content (AvgIpc) is 2.48. The topological polar surface area (TPSA) is 92.9 Å². The van der Waals surface area contributed by atoms with Crippen LogP contribution in [0.2, 0.25) is 0 Å². The third-order valence-electron chi connectivity index (χ3n) is 3.61. The van der Waals surface area contributed by atoms with E-state index >= 15 is 0 Å². The Morgan fingerprint density at radius 1 is 1.38 bits per heavy atom. The Hall–Kier alpha value is -0.990. The van der Waals surface area contributed by atoms with Crippen molar-refractivity contribution in [2.75, 3.05) is 26.3 Å². The largest absolute Gasteiger partial charge is 0.394 e. The van der Waals surface area contributed by atoms with E-state index in [0.29, 0.717) is 6.54 Å². The molecule has 0 aromatic heterocycles. The van der Waals surface area contributed by atoms with E-state index in [4.69, 9.17) is 15.6 Å². The third-order valence-corrected chi connectivity index (χ3v) is 5.61. The van der Waals surface area contributed by atoms with Crippen LogP contribution in [0.5, 0.6) is 0 Å². The number of benzene rings is 1. The Bertz CT molecular complexity index is 559. The van der Waals surface area contributed by atoms with Gasteiger partial charge in [0.1, 0.15) is 0 Å². The van der Waals surface area contributed by atoms with Crippen LogP contribution in [0.4, 0.5) is 0 Å². The van der Waals surface area contributed by atoms with Crippen LogP contribution in [0.3, 0.4) is 0 Å². The van der Waals surface area contributed by atoms with Gasteiger partial charge in [0.05, 0.1) is 24.2 Å². The highest BCUT2D eigenvalue weighted by Gasteiger charge is 2.35. The van der Waals surface area contributed by atoms with Gasteiger partial charge in [-0.25, -0.2) is 8.42 Å². The van der Waals surface area contributed by atoms with E-state index in [2.05, 4.69) is 0 Å². The van der Waals surface area contributed by atoms with Crippen molar-refractivity contribution in [3.05, 3.63) is 29.8 Å². The second-order valence-corrected chi connectivity index (χ2v) is 7.13. The van der Waals surface area contributed by atoms with E-state index < -0.39 is 16.1 Å². The van der Waals surface area contributed by atoms with Crippen molar-refractivity contribution in [2.24, 2.45) is 5.73 Å². The third kappa shape index (κ3) is 3.61. The predicted molar refractivity (Wildman–Crippen MR) is 79.4 cm³/mol. The van der Waals surface area contributed by atoms with Gasteiger partial charge >= 0.3 is 0 Å². The van der Waals surface area contributed by atoms with Gasteiger partial charge in [0.25, 0.3) is 0 Å². The molecule has 21 heavy (non-hydrogen) atoms. The Labute approximate surface area is 125 Å². The van der Waals surface area contributed by atoms with Crippen molar-refractivity contribution in [2.45, 2.75) is 30.4 Å². The molecule has 0 amide bonds. The first kappa shape index (κ1) is 16.4. The molecular weight excluding hydrogens is 292 g/mol. The van der Waals surface area contributed by atoms with Crippen LogP contribution in [0, 0.1) is 0 Å². The van der Waals surface area contributed by atoms with Crippen molar-refractivity contribution >= 4 is 10.0 Å². The summed E-state index contributed by atoms with van der Waals surface area (Å²) in [6.45, 7) is 2.60. The van der Waals surface area contributed by atoms with Crippen molar-refractivity contribution in [1.82, 2.24) is 4.31 Å². The van der Waals surface area contributed by atoms with Crippen LogP contribution in [-0.2, 0) is 21.2 Å². The minimum atomic E-state index is -3.57. The van der Waals surface area contributed by atoms with E-state index in [-0.39, 0.29) is 30.7 Å². The van der Waals surface area contributed by atoms with E-state index in [1.807, 2.05) is 0 Å². The normalized spacial score (nSPS) is 24.1. The number of hydrogen-bond donors (Lipinski definition) is 2. The molecule has 1 aliphatic rings. The Balaban J connectivity index is 2.23. The first-order valence-electron chi connectivity index (χ1n) is 7.02. The number of ether oxygens (including phenoxy) is 1. The van der Waals surface area contributed by atoms with Crippen LogP contribution in [0.25, 0.3) is 0 Å². The molecule has 1 saturated heterocycles. The lowest BCUT2D eigenvalue weighted by Crippen LogP contribution is -2.51. The average molecular weight is 314 g/mol. The summed E-state index contributed by atoms with van der Waals surface area (Å²) in [6, 6.07) is 6.54. The highest BCUT2D eigenvalue weighted by atomic mass is 32.2. The SMILES string of the molecule is CC1COC(CO)CN1S(=O)(=O)c1ccc(CCN)cc1. The van der Waals surface area contributed by atoms with Gasteiger partial charge in [-0.1, -0.05) is 12.1 Å². The Morgan fingerprint density at radius 3 is 2.62 bits per heavy atom. The van der Waals surface area contributed by atoms with Crippen molar-refractivity contribution in [3.63, 3.8) is 0 Å². The van der Waals surface area contributed by atoms with E-state index in [0.717, 1.165) is 12.0 Å². The lowest BCUT2D eigenvalue weighted by atomic mass is 10.2. The fourth-order valence-electron chi connectivity index (χ4n) is 2.37. The summed E-state index contributed by atoms with van der Waals surface area (Å²) in [5, 5.41) is 9.17. The van der Waals surface area contributed by atoms with Crippen molar-refractivity contribution in [1.29, 1.82) is 0 Å².